The number of aromatic nitrogens is 5. The third kappa shape index (κ3) is 3.04. The van der Waals surface area contributed by atoms with Gasteiger partial charge in [-0.15, -0.1) is 10.2 Å². The van der Waals surface area contributed by atoms with Crippen LogP contribution in [0.4, 0.5) is 0 Å². The smallest absolute Gasteiger partial charge is 0.240 e. The maximum Gasteiger partial charge on any atom is 0.240 e. The molecular formula is C19H17N7O2S. The predicted molar refractivity (Wildman–Crippen MR) is 104 cm³/mol. The zero-order valence-electron chi connectivity index (χ0n) is 15.3. The topological polar surface area (TPSA) is 129 Å². The van der Waals surface area contributed by atoms with Crippen molar-refractivity contribution >= 4 is 26.8 Å². The van der Waals surface area contributed by atoms with E-state index < -0.39 is 10.0 Å². The fraction of sp³-hybridized carbons (Fsp3) is 0.263. The van der Waals surface area contributed by atoms with Crippen molar-refractivity contribution < 1.29 is 8.42 Å². The Bertz CT molecular complexity index is 1370. The molecule has 3 aromatic heterocycles. The highest BCUT2D eigenvalue weighted by Gasteiger charge is 2.32. The number of nitrogens with zero attached hydrogens (tertiary/aromatic N) is 5. The number of rotatable bonds is 4. The number of hydrogen-bond donors (Lipinski definition) is 2. The summed E-state index contributed by atoms with van der Waals surface area (Å²) in [6, 6.07) is 9.73. The van der Waals surface area contributed by atoms with E-state index in [1.165, 1.54) is 12.1 Å². The van der Waals surface area contributed by atoms with E-state index in [0.29, 0.717) is 24.1 Å². The van der Waals surface area contributed by atoms with Crippen LogP contribution in [0.3, 0.4) is 0 Å². The standard InChI is InChI=1S/C19H17N7O2S/c20-10-12-2-1-3-15(8-12)29(27,28)25-14-5-4-13(9-14)19-24-23-17-11-22-18-16(26(17)19)6-7-21-18/h1-3,6-8,11,13-14,21,25H,4-5,9H2/t13-,14+/m1/s1. The minimum absolute atomic E-state index is 0.0867. The Balaban J connectivity index is 1.40. The zero-order valence-corrected chi connectivity index (χ0v) is 16.1. The average Bonchev–Trinajstić information content (AvgIpc) is 3.45. The van der Waals surface area contributed by atoms with Crippen LogP contribution in [0.5, 0.6) is 0 Å². The Morgan fingerprint density at radius 1 is 1.24 bits per heavy atom. The van der Waals surface area contributed by atoms with Gasteiger partial charge in [0.2, 0.25) is 10.0 Å². The highest BCUT2D eigenvalue weighted by atomic mass is 32.2. The third-order valence-corrected chi connectivity index (χ3v) is 6.88. The van der Waals surface area contributed by atoms with Crippen molar-refractivity contribution in [2.75, 3.05) is 0 Å². The van der Waals surface area contributed by atoms with Crippen LogP contribution in [-0.4, -0.2) is 39.0 Å². The molecule has 0 saturated heterocycles. The van der Waals surface area contributed by atoms with E-state index >= 15 is 0 Å². The molecule has 146 valence electrons. The van der Waals surface area contributed by atoms with E-state index in [0.717, 1.165) is 23.4 Å². The Morgan fingerprint density at radius 2 is 2.14 bits per heavy atom. The van der Waals surface area contributed by atoms with Gasteiger partial charge in [0.15, 0.2) is 11.3 Å². The molecule has 4 aromatic rings. The Kier molecular flexibility index (Phi) is 4.08. The maximum absolute atomic E-state index is 12.7. The van der Waals surface area contributed by atoms with E-state index in [2.05, 4.69) is 24.9 Å². The molecule has 1 saturated carbocycles. The molecule has 0 radical (unpaired) electrons. The van der Waals surface area contributed by atoms with Gasteiger partial charge < -0.3 is 4.98 Å². The summed E-state index contributed by atoms with van der Waals surface area (Å²) in [5, 5.41) is 17.6. The van der Waals surface area contributed by atoms with Crippen LogP contribution >= 0.6 is 0 Å². The molecule has 29 heavy (non-hydrogen) atoms. The molecule has 2 N–H and O–H groups in total. The lowest BCUT2D eigenvalue weighted by atomic mass is 10.1. The van der Waals surface area contributed by atoms with Crippen LogP contribution in [0.25, 0.3) is 16.8 Å². The highest BCUT2D eigenvalue weighted by molar-refractivity contribution is 7.89. The van der Waals surface area contributed by atoms with E-state index in [1.807, 2.05) is 22.7 Å². The molecule has 1 fully saturated rings. The van der Waals surface area contributed by atoms with Crippen LogP contribution in [0.15, 0.2) is 47.6 Å². The first-order chi connectivity index (χ1) is 14.0. The first-order valence-electron chi connectivity index (χ1n) is 9.25. The van der Waals surface area contributed by atoms with Gasteiger partial charge in [0, 0.05) is 18.2 Å². The van der Waals surface area contributed by atoms with Crippen molar-refractivity contribution in [3.8, 4) is 6.07 Å². The lowest BCUT2D eigenvalue weighted by Crippen LogP contribution is -2.33. The number of benzene rings is 1. The van der Waals surface area contributed by atoms with Gasteiger partial charge in [0.1, 0.15) is 5.82 Å². The molecule has 10 heteroatoms. The van der Waals surface area contributed by atoms with E-state index in [-0.39, 0.29) is 16.9 Å². The van der Waals surface area contributed by atoms with Crippen molar-refractivity contribution in [1.82, 2.24) is 29.3 Å². The second-order valence-electron chi connectivity index (χ2n) is 7.19. The van der Waals surface area contributed by atoms with Crippen molar-refractivity contribution in [2.24, 2.45) is 0 Å². The molecule has 1 aliphatic carbocycles. The number of hydrogen-bond acceptors (Lipinski definition) is 6. The molecule has 1 aromatic carbocycles. The summed E-state index contributed by atoms with van der Waals surface area (Å²) in [4.78, 5) is 7.52. The van der Waals surface area contributed by atoms with Gasteiger partial charge in [0.05, 0.1) is 28.2 Å². The van der Waals surface area contributed by atoms with Crippen molar-refractivity contribution in [2.45, 2.75) is 36.1 Å². The fourth-order valence-corrected chi connectivity index (χ4v) is 5.33. The highest BCUT2D eigenvalue weighted by Crippen LogP contribution is 2.35. The van der Waals surface area contributed by atoms with Crippen molar-refractivity contribution in [3.63, 3.8) is 0 Å². The Morgan fingerprint density at radius 3 is 3.00 bits per heavy atom. The third-order valence-electron chi connectivity index (χ3n) is 5.36. The maximum atomic E-state index is 12.7. The van der Waals surface area contributed by atoms with Gasteiger partial charge in [-0.2, -0.15) is 5.26 Å². The second kappa shape index (κ2) is 6.65. The summed E-state index contributed by atoms with van der Waals surface area (Å²) in [6.45, 7) is 0. The number of aromatic amines is 1. The van der Waals surface area contributed by atoms with E-state index in [4.69, 9.17) is 5.26 Å². The minimum Gasteiger partial charge on any atom is -0.345 e. The molecule has 0 bridgehead atoms. The normalized spacial score (nSPS) is 19.7. The molecule has 2 atom stereocenters. The van der Waals surface area contributed by atoms with Gasteiger partial charge >= 0.3 is 0 Å². The van der Waals surface area contributed by atoms with E-state index in [9.17, 15) is 8.42 Å². The average molecular weight is 407 g/mol. The molecule has 0 spiro atoms. The fourth-order valence-electron chi connectivity index (χ4n) is 4.01. The number of H-pyrrole nitrogens is 1. The monoisotopic (exact) mass is 407 g/mol. The summed E-state index contributed by atoms with van der Waals surface area (Å²) in [7, 11) is -3.70. The number of nitriles is 1. The summed E-state index contributed by atoms with van der Waals surface area (Å²) in [6.07, 6.45) is 5.64. The van der Waals surface area contributed by atoms with Crippen LogP contribution in [0.1, 0.15) is 36.6 Å². The SMILES string of the molecule is N#Cc1cccc(S(=O)(=O)N[C@H]2CC[C@@H](c3nnc4cnc5[nH]ccc5n34)C2)c1. The van der Waals surface area contributed by atoms with Crippen molar-refractivity contribution in [1.29, 1.82) is 5.26 Å². The Labute approximate surface area is 166 Å². The molecule has 0 unspecified atom stereocenters. The second-order valence-corrected chi connectivity index (χ2v) is 8.90. The number of nitrogens with one attached hydrogen (secondary N) is 2. The van der Waals surface area contributed by atoms with Crippen LogP contribution in [-0.2, 0) is 10.0 Å². The first kappa shape index (κ1) is 17.8. The van der Waals surface area contributed by atoms with E-state index in [1.54, 1.807) is 18.3 Å². The molecule has 3 heterocycles. The number of fused-ring (bicyclic) bond motifs is 3. The summed E-state index contributed by atoms with van der Waals surface area (Å²) in [5.41, 5.74) is 2.65. The lowest BCUT2D eigenvalue weighted by Gasteiger charge is -2.14. The van der Waals surface area contributed by atoms with Crippen LogP contribution in [0.2, 0.25) is 0 Å². The quantitative estimate of drug-likeness (QED) is 0.533. The van der Waals surface area contributed by atoms with Gasteiger partial charge in [-0.1, -0.05) is 6.07 Å². The molecular weight excluding hydrogens is 390 g/mol. The van der Waals surface area contributed by atoms with Crippen LogP contribution in [0, 0.1) is 11.3 Å². The molecule has 0 amide bonds. The molecule has 5 rings (SSSR count). The number of sulfonamides is 1. The van der Waals surface area contributed by atoms with Gasteiger partial charge in [0.25, 0.3) is 0 Å². The molecule has 1 aliphatic rings. The van der Waals surface area contributed by atoms with Crippen LogP contribution < -0.4 is 4.72 Å². The molecule has 0 aliphatic heterocycles. The van der Waals surface area contributed by atoms with Gasteiger partial charge in [-0.05, 0) is 43.5 Å². The minimum atomic E-state index is -3.70. The van der Waals surface area contributed by atoms with Gasteiger partial charge in [-0.25, -0.2) is 18.1 Å². The predicted octanol–water partition coefficient (Wildman–Crippen LogP) is 2.09. The van der Waals surface area contributed by atoms with Gasteiger partial charge in [-0.3, -0.25) is 4.40 Å². The molecule has 9 nitrogen and oxygen atoms in total. The largest absolute Gasteiger partial charge is 0.345 e. The lowest BCUT2D eigenvalue weighted by molar-refractivity contribution is 0.546. The van der Waals surface area contributed by atoms with Crippen molar-refractivity contribution in [3.05, 3.63) is 54.1 Å². The Hall–Kier alpha value is -3.29. The summed E-state index contributed by atoms with van der Waals surface area (Å²) < 4.78 is 30.2. The first-order valence-corrected chi connectivity index (χ1v) is 10.7. The summed E-state index contributed by atoms with van der Waals surface area (Å²) >= 11 is 0. The zero-order chi connectivity index (χ0) is 20.0. The summed E-state index contributed by atoms with van der Waals surface area (Å²) in [5.74, 6) is 0.906.